The van der Waals surface area contributed by atoms with Crippen molar-refractivity contribution in [3.05, 3.63) is 48.4 Å². The van der Waals surface area contributed by atoms with Crippen molar-refractivity contribution in [1.82, 2.24) is 19.4 Å². The number of nitrogens with zero attached hydrogens (tertiary/aromatic N) is 4. The summed E-state index contributed by atoms with van der Waals surface area (Å²) in [5.74, 6) is 3.17. The summed E-state index contributed by atoms with van der Waals surface area (Å²) in [6.07, 6.45) is 9.32. The number of pyridine rings is 1. The van der Waals surface area contributed by atoms with Crippen LogP contribution in [0, 0.1) is 5.92 Å². The zero-order valence-corrected chi connectivity index (χ0v) is 19.3. The molecule has 3 heterocycles. The Hall–Kier alpha value is -3.09. The summed E-state index contributed by atoms with van der Waals surface area (Å²) in [4.78, 5) is 24.3. The second-order valence-electron chi connectivity index (χ2n) is 9.15. The molecule has 0 spiro atoms. The number of para-hydroxylation sites is 2. The van der Waals surface area contributed by atoms with Gasteiger partial charge < -0.3 is 18.9 Å². The Labute approximate surface area is 194 Å². The number of amides is 1. The van der Waals surface area contributed by atoms with Gasteiger partial charge in [0.2, 0.25) is 5.91 Å². The summed E-state index contributed by atoms with van der Waals surface area (Å²) in [7, 11) is 1.64. The van der Waals surface area contributed by atoms with E-state index in [4.69, 9.17) is 14.5 Å². The number of benzene rings is 1. The van der Waals surface area contributed by atoms with E-state index in [1.165, 1.54) is 25.7 Å². The monoisotopic (exact) mass is 448 g/mol. The number of carbonyl (C=O) groups excluding carboxylic acids is 1. The van der Waals surface area contributed by atoms with Crippen LogP contribution in [0.1, 0.15) is 56.8 Å². The van der Waals surface area contributed by atoms with Crippen LogP contribution in [-0.2, 0) is 11.4 Å². The SMILES string of the molecule is COc1ccccc1OCc1nc2cccnc2n1C1CCN(C(=O)CC2CCCC2)CC1. The van der Waals surface area contributed by atoms with Crippen LogP contribution in [0.15, 0.2) is 42.6 Å². The number of carbonyl (C=O) groups is 1. The number of aromatic nitrogens is 3. The molecular formula is C26H32N4O3. The average Bonchev–Trinajstić information content (AvgIpc) is 3.50. The van der Waals surface area contributed by atoms with Crippen molar-refractivity contribution in [2.24, 2.45) is 5.92 Å². The van der Waals surface area contributed by atoms with Crippen LogP contribution < -0.4 is 9.47 Å². The van der Waals surface area contributed by atoms with E-state index in [0.29, 0.717) is 29.9 Å². The Morgan fingerprint density at radius 1 is 1.03 bits per heavy atom. The number of likely N-dealkylation sites (tertiary alicyclic amines) is 1. The molecule has 1 aromatic carbocycles. The molecule has 7 nitrogen and oxygen atoms in total. The predicted molar refractivity (Wildman–Crippen MR) is 126 cm³/mol. The van der Waals surface area contributed by atoms with Crippen molar-refractivity contribution in [3.8, 4) is 11.5 Å². The van der Waals surface area contributed by atoms with Crippen molar-refractivity contribution in [3.63, 3.8) is 0 Å². The third-order valence-corrected chi connectivity index (χ3v) is 7.07. The highest BCUT2D eigenvalue weighted by Gasteiger charge is 2.29. The first-order valence-corrected chi connectivity index (χ1v) is 12.1. The lowest BCUT2D eigenvalue weighted by Gasteiger charge is -2.34. The lowest BCUT2D eigenvalue weighted by atomic mass is 10.0. The molecule has 1 saturated heterocycles. The molecule has 2 aliphatic rings. The molecule has 2 aromatic heterocycles. The predicted octanol–water partition coefficient (Wildman–Crippen LogP) is 4.76. The summed E-state index contributed by atoms with van der Waals surface area (Å²) in [5, 5.41) is 0. The van der Waals surface area contributed by atoms with Crippen LogP contribution in [-0.4, -0.2) is 45.5 Å². The van der Waals surface area contributed by atoms with Gasteiger partial charge in [0.25, 0.3) is 0 Å². The van der Waals surface area contributed by atoms with Gasteiger partial charge >= 0.3 is 0 Å². The fourth-order valence-corrected chi connectivity index (χ4v) is 5.31. The number of fused-ring (bicyclic) bond motifs is 1. The van der Waals surface area contributed by atoms with E-state index in [-0.39, 0.29) is 6.04 Å². The maximum absolute atomic E-state index is 12.8. The molecule has 174 valence electrons. The molecule has 5 rings (SSSR count). The van der Waals surface area contributed by atoms with Gasteiger partial charge in [-0.05, 0) is 55.9 Å². The van der Waals surface area contributed by atoms with Crippen molar-refractivity contribution < 1.29 is 14.3 Å². The molecule has 3 aromatic rings. The van der Waals surface area contributed by atoms with E-state index >= 15 is 0 Å². The van der Waals surface area contributed by atoms with E-state index in [1.807, 2.05) is 42.6 Å². The van der Waals surface area contributed by atoms with Gasteiger partial charge in [0.1, 0.15) is 17.9 Å². The second kappa shape index (κ2) is 9.81. The van der Waals surface area contributed by atoms with E-state index in [9.17, 15) is 4.79 Å². The van der Waals surface area contributed by atoms with E-state index in [1.54, 1.807) is 7.11 Å². The van der Waals surface area contributed by atoms with Crippen molar-refractivity contribution in [2.45, 2.75) is 57.6 Å². The smallest absolute Gasteiger partial charge is 0.222 e. The maximum Gasteiger partial charge on any atom is 0.222 e. The quantitative estimate of drug-likeness (QED) is 0.521. The van der Waals surface area contributed by atoms with Gasteiger partial charge in [-0.15, -0.1) is 0 Å². The number of rotatable bonds is 7. The van der Waals surface area contributed by atoms with Crippen LogP contribution in [0.2, 0.25) is 0 Å². The zero-order chi connectivity index (χ0) is 22.6. The normalized spacial score (nSPS) is 17.5. The Morgan fingerprint density at radius 2 is 1.79 bits per heavy atom. The summed E-state index contributed by atoms with van der Waals surface area (Å²) < 4.78 is 13.8. The standard InChI is InChI=1S/C26H32N4O3/c1-32-22-10-4-5-11-23(22)33-18-24-28-21-9-6-14-27-26(21)30(24)20-12-15-29(16-13-20)25(31)17-19-7-2-3-8-19/h4-6,9-11,14,19-20H,2-3,7-8,12-13,15-18H2,1H3. The van der Waals surface area contributed by atoms with Crippen molar-refractivity contribution in [1.29, 1.82) is 0 Å². The minimum absolute atomic E-state index is 0.247. The summed E-state index contributed by atoms with van der Waals surface area (Å²) >= 11 is 0. The molecule has 1 aliphatic carbocycles. The van der Waals surface area contributed by atoms with Gasteiger partial charge in [-0.25, -0.2) is 9.97 Å². The Bertz CT molecular complexity index is 1100. The maximum atomic E-state index is 12.8. The van der Waals surface area contributed by atoms with Crippen molar-refractivity contribution >= 4 is 17.1 Å². The summed E-state index contributed by atoms with van der Waals surface area (Å²) in [6.45, 7) is 1.91. The average molecular weight is 449 g/mol. The molecule has 0 radical (unpaired) electrons. The summed E-state index contributed by atoms with van der Waals surface area (Å²) in [6, 6.07) is 11.8. The van der Waals surface area contributed by atoms with Crippen LogP contribution >= 0.6 is 0 Å². The highest BCUT2D eigenvalue weighted by Crippen LogP contribution is 2.32. The molecule has 1 amide bonds. The molecule has 0 N–H and O–H groups in total. The van der Waals surface area contributed by atoms with Gasteiger partial charge in [-0.3, -0.25) is 4.79 Å². The molecule has 0 unspecified atom stereocenters. The van der Waals surface area contributed by atoms with Gasteiger partial charge in [0.15, 0.2) is 17.1 Å². The number of imidazole rings is 1. The Balaban J connectivity index is 1.31. The molecule has 1 aliphatic heterocycles. The number of piperidine rings is 1. The molecular weight excluding hydrogens is 416 g/mol. The zero-order valence-electron chi connectivity index (χ0n) is 19.3. The molecule has 7 heteroatoms. The number of hydrogen-bond acceptors (Lipinski definition) is 5. The minimum atomic E-state index is 0.247. The van der Waals surface area contributed by atoms with E-state index < -0.39 is 0 Å². The van der Waals surface area contributed by atoms with E-state index in [0.717, 1.165) is 49.3 Å². The molecule has 1 saturated carbocycles. The fraction of sp³-hybridized carbons (Fsp3) is 0.500. The lowest BCUT2D eigenvalue weighted by molar-refractivity contribution is -0.133. The Morgan fingerprint density at radius 3 is 2.55 bits per heavy atom. The third kappa shape index (κ3) is 4.68. The molecule has 2 fully saturated rings. The highest BCUT2D eigenvalue weighted by atomic mass is 16.5. The first-order chi connectivity index (χ1) is 16.2. The topological polar surface area (TPSA) is 69.5 Å². The number of methoxy groups -OCH3 is 1. The van der Waals surface area contributed by atoms with Crippen LogP contribution in [0.3, 0.4) is 0 Å². The largest absolute Gasteiger partial charge is 0.493 e. The first kappa shape index (κ1) is 21.7. The van der Waals surface area contributed by atoms with Gasteiger partial charge in [0.05, 0.1) is 7.11 Å². The molecule has 0 atom stereocenters. The van der Waals surface area contributed by atoms with Crippen molar-refractivity contribution in [2.75, 3.05) is 20.2 Å². The third-order valence-electron chi connectivity index (χ3n) is 7.07. The first-order valence-electron chi connectivity index (χ1n) is 12.1. The molecule has 0 bridgehead atoms. The van der Waals surface area contributed by atoms with Crippen LogP contribution in [0.5, 0.6) is 11.5 Å². The van der Waals surface area contributed by atoms with Gasteiger partial charge in [-0.2, -0.15) is 0 Å². The fourth-order valence-electron chi connectivity index (χ4n) is 5.31. The van der Waals surface area contributed by atoms with Crippen LogP contribution in [0.25, 0.3) is 11.2 Å². The van der Waals surface area contributed by atoms with Gasteiger partial charge in [0, 0.05) is 31.7 Å². The van der Waals surface area contributed by atoms with Gasteiger partial charge in [-0.1, -0.05) is 25.0 Å². The Kier molecular flexibility index (Phi) is 6.46. The number of hydrogen-bond donors (Lipinski definition) is 0. The summed E-state index contributed by atoms with van der Waals surface area (Å²) in [5.41, 5.74) is 1.75. The molecule has 33 heavy (non-hydrogen) atoms. The van der Waals surface area contributed by atoms with Crippen LogP contribution in [0.4, 0.5) is 0 Å². The number of ether oxygens (including phenoxy) is 2. The van der Waals surface area contributed by atoms with E-state index in [2.05, 4.69) is 14.5 Å². The lowest BCUT2D eigenvalue weighted by Crippen LogP contribution is -2.40. The minimum Gasteiger partial charge on any atom is -0.493 e. The highest BCUT2D eigenvalue weighted by molar-refractivity contribution is 5.76. The second-order valence-corrected chi connectivity index (χ2v) is 9.15.